The van der Waals surface area contributed by atoms with E-state index in [1.54, 1.807) is 0 Å². The Kier molecular flexibility index (Phi) is 6.94. The molecule has 0 amide bonds. The van der Waals surface area contributed by atoms with Gasteiger partial charge in [0.15, 0.2) is 6.23 Å². The maximum absolute atomic E-state index is 13.0. The van der Waals surface area contributed by atoms with Crippen molar-refractivity contribution in [2.75, 3.05) is 13.2 Å². The number of benzene rings is 1. The number of aliphatic hydroxyl groups is 1. The first-order valence-corrected chi connectivity index (χ1v) is 11.8. The van der Waals surface area contributed by atoms with E-state index < -0.39 is 55.4 Å². The predicted octanol–water partition coefficient (Wildman–Crippen LogP) is 0.288. The quantitative estimate of drug-likeness (QED) is 0.387. The minimum atomic E-state index is -3.91. The van der Waals surface area contributed by atoms with Crippen molar-refractivity contribution in [1.29, 1.82) is 0 Å². The molecule has 3 heterocycles. The molecular weight excluding hydrogens is 457 g/mol. The molecule has 0 spiro atoms. The monoisotopic (exact) mass is 481 g/mol. The molecule has 0 saturated carbocycles. The van der Waals surface area contributed by atoms with Gasteiger partial charge in [0.25, 0.3) is 5.56 Å². The van der Waals surface area contributed by atoms with E-state index in [-0.39, 0.29) is 19.8 Å². The SMILES string of the molecule is CC(NP1(=O)OCC2OC(n3ccc(=O)[nH]c3=O)C(O)C2CO1)C(=O)OCc1ccccc1. The highest BCUT2D eigenvalue weighted by Crippen LogP contribution is 2.50. The molecule has 13 heteroatoms. The van der Waals surface area contributed by atoms with Gasteiger partial charge in [-0.2, -0.15) is 0 Å². The zero-order valence-corrected chi connectivity index (χ0v) is 18.6. The molecule has 0 radical (unpaired) electrons. The van der Waals surface area contributed by atoms with Crippen molar-refractivity contribution < 1.29 is 33.0 Å². The Morgan fingerprint density at radius 3 is 2.73 bits per heavy atom. The minimum Gasteiger partial charge on any atom is -0.460 e. The summed E-state index contributed by atoms with van der Waals surface area (Å²) in [5.74, 6) is -1.30. The summed E-state index contributed by atoms with van der Waals surface area (Å²) in [7, 11) is -3.91. The zero-order chi connectivity index (χ0) is 23.6. The lowest BCUT2D eigenvalue weighted by molar-refractivity contribution is -0.146. The fourth-order valence-electron chi connectivity index (χ4n) is 3.63. The maximum Gasteiger partial charge on any atom is 0.406 e. The van der Waals surface area contributed by atoms with E-state index in [0.717, 1.165) is 16.2 Å². The number of rotatable bonds is 6. The topological polar surface area (TPSA) is 158 Å². The van der Waals surface area contributed by atoms with Crippen molar-refractivity contribution >= 4 is 13.7 Å². The fraction of sp³-hybridized carbons (Fsp3) is 0.450. The molecule has 4 rings (SSSR count). The highest BCUT2D eigenvalue weighted by Gasteiger charge is 2.49. The number of ether oxygens (including phenoxy) is 2. The van der Waals surface area contributed by atoms with Crippen molar-refractivity contribution in [3.8, 4) is 0 Å². The molecule has 12 nitrogen and oxygen atoms in total. The normalized spacial score (nSPS) is 30.2. The second-order valence-electron chi connectivity index (χ2n) is 7.77. The second kappa shape index (κ2) is 9.72. The number of hydrogen-bond donors (Lipinski definition) is 3. The number of aromatic nitrogens is 2. The van der Waals surface area contributed by atoms with Gasteiger partial charge in [-0.25, -0.2) is 14.4 Å². The van der Waals surface area contributed by atoms with E-state index >= 15 is 0 Å². The number of H-pyrrole nitrogens is 1. The van der Waals surface area contributed by atoms with E-state index in [0.29, 0.717) is 0 Å². The summed E-state index contributed by atoms with van der Waals surface area (Å²) in [6.45, 7) is 1.10. The van der Waals surface area contributed by atoms with Gasteiger partial charge in [0.2, 0.25) is 0 Å². The summed E-state index contributed by atoms with van der Waals surface area (Å²) in [6, 6.07) is 9.25. The molecule has 2 saturated heterocycles. The number of nitrogens with zero attached hydrogens (tertiary/aromatic N) is 1. The summed E-state index contributed by atoms with van der Waals surface area (Å²) in [4.78, 5) is 37.7. The molecule has 33 heavy (non-hydrogen) atoms. The van der Waals surface area contributed by atoms with Crippen LogP contribution in [0.15, 0.2) is 52.2 Å². The zero-order valence-electron chi connectivity index (χ0n) is 17.7. The molecule has 2 aliphatic heterocycles. The molecule has 0 bridgehead atoms. The van der Waals surface area contributed by atoms with Crippen LogP contribution in [-0.4, -0.2) is 52.1 Å². The lowest BCUT2D eigenvalue weighted by atomic mass is 9.99. The lowest BCUT2D eigenvalue weighted by Gasteiger charge is -2.22. The van der Waals surface area contributed by atoms with Crippen molar-refractivity contribution in [2.24, 2.45) is 5.92 Å². The Morgan fingerprint density at radius 2 is 2.00 bits per heavy atom. The van der Waals surface area contributed by atoms with Crippen LogP contribution in [0.1, 0.15) is 18.7 Å². The summed E-state index contributed by atoms with van der Waals surface area (Å²) in [5.41, 5.74) is -0.505. The minimum absolute atomic E-state index is 0.0629. The standard InChI is InChI=1S/C20H24N3O9P/c1-12(19(26)29-9-13-5-3-2-4-6-13)22-33(28)30-10-14-15(11-31-33)32-18(17(14)25)23-8-7-16(24)21-20(23)27/h2-8,12,14-15,17-18,25H,9-11H2,1H3,(H,22,28)(H,21,24,27). The summed E-state index contributed by atoms with van der Waals surface area (Å²) >= 11 is 0. The first kappa shape index (κ1) is 23.6. The van der Waals surface area contributed by atoms with Gasteiger partial charge in [-0.05, 0) is 12.5 Å². The molecule has 6 unspecified atom stereocenters. The fourth-order valence-corrected chi connectivity index (χ4v) is 5.14. The molecular formula is C20H24N3O9P. The van der Waals surface area contributed by atoms with Crippen molar-refractivity contribution in [1.82, 2.24) is 14.6 Å². The number of carbonyl (C=O) groups excluding carboxylic acids is 1. The largest absolute Gasteiger partial charge is 0.460 e. The van der Waals surface area contributed by atoms with Crippen LogP contribution in [0.2, 0.25) is 0 Å². The van der Waals surface area contributed by atoms with E-state index in [1.807, 2.05) is 30.3 Å². The molecule has 2 aliphatic rings. The molecule has 6 atom stereocenters. The second-order valence-corrected chi connectivity index (χ2v) is 9.54. The maximum atomic E-state index is 13.0. The molecule has 1 aromatic carbocycles. The van der Waals surface area contributed by atoms with E-state index in [2.05, 4.69) is 10.1 Å². The van der Waals surface area contributed by atoms with E-state index in [1.165, 1.54) is 13.1 Å². The van der Waals surface area contributed by atoms with Gasteiger partial charge in [0.1, 0.15) is 18.8 Å². The smallest absolute Gasteiger partial charge is 0.406 e. The Balaban J connectivity index is 1.35. The number of hydrogen-bond acceptors (Lipinski definition) is 9. The van der Waals surface area contributed by atoms with E-state index in [9.17, 15) is 24.1 Å². The number of carbonyl (C=O) groups is 1. The molecule has 1 aromatic heterocycles. The number of fused-ring (bicyclic) bond motifs is 1. The first-order valence-electron chi connectivity index (χ1n) is 10.3. The van der Waals surface area contributed by atoms with Gasteiger partial charge >= 0.3 is 19.4 Å². The highest BCUT2D eigenvalue weighted by molar-refractivity contribution is 7.51. The average Bonchev–Trinajstić information content (AvgIpc) is 3.00. The molecule has 2 aromatic rings. The Labute approximate surface area is 188 Å². The van der Waals surface area contributed by atoms with Crippen LogP contribution >= 0.6 is 7.75 Å². The van der Waals surface area contributed by atoms with Crippen LogP contribution in [0.25, 0.3) is 0 Å². The van der Waals surface area contributed by atoms with Gasteiger partial charge in [0, 0.05) is 18.2 Å². The Bertz CT molecular complexity index is 1150. The van der Waals surface area contributed by atoms with Crippen molar-refractivity contribution in [2.45, 2.75) is 38.0 Å². The van der Waals surface area contributed by atoms with Crippen LogP contribution in [0.5, 0.6) is 0 Å². The third-order valence-electron chi connectivity index (χ3n) is 5.42. The first-order chi connectivity index (χ1) is 15.8. The summed E-state index contributed by atoms with van der Waals surface area (Å²) < 4.78 is 35.9. The van der Waals surface area contributed by atoms with Gasteiger partial charge in [-0.15, -0.1) is 0 Å². The van der Waals surface area contributed by atoms with Crippen LogP contribution in [-0.2, 0) is 34.5 Å². The van der Waals surface area contributed by atoms with Gasteiger partial charge in [0.05, 0.1) is 19.3 Å². The highest BCUT2D eigenvalue weighted by atomic mass is 31.2. The molecule has 0 aliphatic carbocycles. The molecule has 2 fully saturated rings. The van der Waals surface area contributed by atoms with Gasteiger partial charge < -0.3 is 14.6 Å². The van der Waals surface area contributed by atoms with Gasteiger partial charge in [-0.1, -0.05) is 30.3 Å². The number of esters is 1. The lowest BCUT2D eigenvalue weighted by Crippen LogP contribution is -2.37. The summed E-state index contributed by atoms with van der Waals surface area (Å²) in [5, 5.41) is 13.2. The Hall–Kier alpha value is -2.60. The van der Waals surface area contributed by atoms with Crippen molar-refractivity contribution in [3.05, 3.63) is 69.0 Å². The van der Waals surface area contributed by atoms with Crippen LogP contribution in [0, 0.1) is 5.92 Å². The van der Waals surface area contributed by atoms with Crippen LogP contribution in [0.4, 0.5) is 0 Å². The van der Waals surface area contributed by atoms with Crippen molar-refractivity contribution in [3.63, 3.8) is 0 Å². The number of aromatic amines is 1. The molecule has 178 valence electrons. The molecule has 3 N–H and O–H groups in total. The number of aliphatic hydroxyl groups excluding tert-OH is 1. The third-order valence-corrected chi connectivity index (χ3v) is 7.10. The Morgan fingerprint density at radius 1 is 1.27 bits per heavy atom. The van der Waals surface area contributed by atoms with E-state index in [4.69, 9.17) is 18.5 Å². The van der Waals surface area contributed by atoms with Gasteiger partial charge in [-0.3, -0.25) is 28.2 Å². The predicted molar refractivity (Wildman–Crippen MR) is 113 cm³/mol. The van der Waals surface area contributed by atoms with Crippen LogP contribution in [0.3, 0.4) is 0 Å². The average molecular weight is 481 g/mol. The summed E-state index contributed by atoms with van der Waals surface area (Å²) in [6.07, 6.45) is -1.78. The third kappa shape index (κ3) is 5.32. The van der Waals surface area contributed by atoms with Crippen LogP contribution < -0.4 is 16.3 Å². The number of nitrogens with one attached hydrogen (secondary N) is 2.